The first-order valence-electron chi connectivity index (χ1n) is 8.55. The second kappa shape index (κ2) is 8.63. The first kappa shape index (κ1) is 19.5. The standard InChI is InChI=1S/C20H19Cl2NO4/c1-12(16-4-2-3-5-17(16)22)23-19(24)11-27-20(25)14-8-13-9-15(21)6-7-18(13)26-10-14/h2-7,9,12,14H,8,10-11H2,1H3,(H,23,24)/t12-,14-/m1/s1. The molecule has 1 aliphatic heterocycles. The van der Waals surface area contributed by atoms with Crippen LogP contribution in [0.15, 0.2) is 42.5 Å². The van der Waals surface area contributed by atoms with Crippen molar-refractivity contribution >= 4 is 35.1 Å². The van der Waals surface area contributed by atoms with Crippen LogP contribution in [-0.2, 0) is 20.7 Å². The molecule has 0 bridgehead atoms. The quantitative estimate of drug-likeness (QED) is 0.761. The van der Waals surface area contributed by atoms with E-state index < -0.39 is 17.8 Å². The van der Waals surface area contributed by atoms with Crippen molar-refractivity contribution in [2.75, 3.05) is 13.2 Å². The number of rotatable bonds is 5. The van der Waals surface area contributed by atoms with E-state index in [9.17, 15) is 9.59 Å². The monoisotopic (exact) mass is 407 g/mol. The number of benzene rings is 2. The molecule has 142 valence electrons. The SMILES string of the molecule is C[C@@H](NC(=O)COC(=O)[C@H]1COc2ccc(Cl)cc2C1)c1ccccc1Cl. The van der Waals surface area contributed by atoms with Gasteiger partial charge in [0, 0.05) is 10.0 Å². The van der Waals surface area contributed by atoms with E-state index in [1.54, 1.807) is 24.3 Å². The Morgan fingerprint density at radius 1 is 1.26 bits per heavy atom. The fourth-order valence-electron chi connectivity index (χ4n) is 2.96. The van der Waals surface area contributed by atoms with E-state index in [1.807, 2.05) is 25.1 Å². The van der Waals surface area contributed by atoms with Gasteiger partial charge in [0.05, 0.1) is 12.0 Å². The Bertz CT molecular complexity index is 856. The Morgan fingerprint density at radius 3 is 2.81 bits per heavy atom. The predicted octanol–water partition coefficient (Wildman–Crippen LogP) is 3.97. The fourth-order valence-corrected chi connectivity index (χ4v) is 3.45. The molecule has 0 spiro atoms. The van der Waals surface area contributed by atoms with Gasteiger partial charge in [-0.05, 0) is 48.7 Å². The van der Waals surface area contributed by atoms with Crippen molar-refractivity contribution in [3.05, 3.63) is 63.6 Å². The largest absolute Gasteiger partial charge is 0.492 e. The van der Waals surface area contributed by atoms with E-state index >= 15 is 0 Å². The van der Waals surface area contributed by atoms with Gasteiger partial charge in [0.15, 0.2) is 6.61 Å². The van der Waals surface area contributed by atoms with Crippen LogP contribution in [0, 0.1) is 5.92 Å². The van der Waals surface area contributed by atoms with E-state index in [2.05, 4.69) is 5.32 Å². The molecule has 0 saturated heterocycles. The zero-order valence-corrected chi connectivity index (χ0v) is 16.2. The molecule has 2 aromatic rings. The third-order valence-electron chi connectivity index (χ3n) is 4.36. The van der Waals surface area contributed by atoms with E-state index in [0.717, 1.165) is 16.9 Å². The minimum Gasteiger partial charge on any atom is -0.492 e. The van der Waals surface area contributed by atoms with Crippen molar-refractivity contribution < 1.29 is 19.1 Å². The van der Waals surface area contributed by atoms with Gasteiger partial charge in [0.25, 0.3) is 5.91 Å². The van der Waals surface area contributed by atoms with Crippen LogP contribution in [0.25, 0.3) is 0 Å². The van der Waals surface area contributed by atoms with Gasteiger partial charge in [-0.25, -0.2) is 0 Å². The minimum absolute atomic E-state index is 0.213. The Morgan fingerprint density at radius 2 is 2.04 bits per heavy atom. The van der Waals surface area contributed by atoms with E-state index in [1.165, 1.54) is 0 Å². The highest BCUT2D eigenvalue weighted by molar-refractivity contribution is 6.31. The summed E-state index contributed by atoms with van der Waals surface area (Å²) < 4.78 is 10.7. The number of hydrogen-bond donors (Lipinski definition) is 1. The Kier molecular flexibility index (Phi) is 6.24. The summed E-state index contributed by atoms with van der Waals surface area (Å²) in [6.45, 7) is 1.67. The summed E-state index contributed by atoms with van der Waals surface area (Å²) >= 11 is 12.1. The van der Waals surface area contributed by atoms with Gasteiger partial charge in [0.2, 0.25) is 0 Å². The summed E-state index contributed by atoms with van der Waals surface area (Å²) in [5.74, 6) is -0.614. The van der Waals surface area contributed by atoms with Gasteiger partial charge in [-0.2, -0.15) is 0 Å². The van der Waals surface area contributed by atoms with Crippen LogP contribution in [-0.4, -0.2) is 25.1 Å². The highest BCUT2D eigenvalue weighted by Gasteiger charge is 2.28. The van der Waals surface area contributed by atoms with Gasteiger partial charge in [-0.15, -0.1) is 0 Å². The van der Waals surface area contributed by atoms with Crippen LogP contribution in [0.4, 0.5) is 0 Å². The molecule has 0 aromatic heterocycles. The van der Waals surface area contributed by atoms with Crippen molar-refractivity contribution in [2.45, 2.75) is 19.4 Å². The Balaban J connectivity index is 1.50. The molecule has 3 rings (SSSR count). The second-order valence-electron chi connectivity index (χ2n) is 6.38. The molecule has 0 radical (unpaired) electrons. The molecule has 0 unspecified atom stereocenters. The third kappa shape index (κ3) is 4.93. The number of hydrogen-bond acceptors (Lipinski definition) is 4. The Labute approximate surface area is 167 Å². The van der Waals surface area contributed by atoms with Crippen molar-refractivity contribution in [3.63, 3.8) is 0 Å². The first-order chi connectivity index (χ1) is 12.9. The highest BCUT2D eigenvalue weighted by atomic mass is 35.5. The smallest absolute Gasteiger partial charge is 0.313 e. The van der Waals surface area contributed by atoms with E-state index in [-0.39, 0.29) is 19.3 Å². The van der Waals surface area contributed by atoms with E-state index in [0.29, 0.717) is 16.5 Å². The topological polar surface area (TPSA) is 64.6 Å². The lowest BCUT2D eigenvalue weighted by molar-refractivity contribution is -0.154. The molecule has 1 aliphatic rings. The maximum absolute atomic E-state index is 12.3. The molecular weight excluding hydrogens is 389 g/mol. The van der Waals surface area contributed by atoms with Crippen LogP contribution in [0.2, 0.25) is 10.0 Å². The molecular formula is C20H19Cl2NO4. The number of carbonyl (C=O) groups excluding carboxylic acids is 2. The number of esters is 1. The molecule has 0 saturated carbocycles. The van der Waals surface area contributed by atoms with Crippen LogP contribution in [0.5, 0.6) is 5.75 Å². The average molecular weight is 408 g/mol. The number of halogens is 2. The van der Waals surface area contributed by atoms with Crippen molar-refractivity contribution in [3.8, 4) is 5.75 Å². The highest BCUT2D eigenvalue weighted by Crippen LogP contribution is 2.30. The van der Waals surface area contributed by atoms with Crippen LogP contribution >= 0.6 is 23.2 Å². The van der Waals surface area contributed by atoms with Gasteiger partial charge in [0.1, 0.15) is 12.4 Å². The van der Waals surface area contributed by atoms with Gasteiger partial charge in [-0.3, -0.25) is 9.59 Å². The maximum Gasteiger partial charge on any atom is 0.313 e. The van der Waals surface area contributed by atoms with Crippen LogP contribution in [0.3, 0.4) is 0 Å². The lowest BCUT2D eigenvalue weighted by atomic mass is 9.97. The third-order valence-corrected chi connectivity index (χ3v) is 4.94. The molecule has 1 heterocycles. The molecule has 2 atom stereocenters. The molecule has 0 fully saturated rings. The molecule has 27 heavy (non-hydrogen) atoms. The number of ether oxygens (including phenoxy) is 2. The van der Waals surface area contributed by atoms with Crippen LogP contribution in [0.1, 0.15) is 24.1 Å². The zero-order valence-electron chi connectivity index (χ0n) is 14.7. The molecule has 7 heteroatoms. The average Bonchev–Trinajstić information content (AvgIpc) is 2.65. The maximum atomic E-state index is 12.3. The second-order valence-corrected chi connectivity index (χ2v) is 7.23. The van der Waals surface area contributed by atoms with Gasteiger partial charge >= 0.3 is 5.97 Å². The summed E-state index contributed by atoms with van der Waals surface area (Å²) in [5, 5.41) is 3.92. The molecule has 1 N–H and O–H groups in total. The number of fused-ring (bicyclic) bond motifs is 1. The minimum atomic E-state index is -0.471. The summed E-state index contributed by atoms with van der Waals surface area (Å²) in [7, 11) is 0. The first-order valence-corrected chi connectivity index (χ1v) is 9.31. The number of carbonyl (C=O) groups is 2. The molecule has 0 aliphatic carbocycles. The summed E-state index contributed by atoms with van der Waals surface area (Å²) in [6, 6.07) is 12.3. The summed E-state index contributed by atoms with van der Waals surface area (Å²) in [4.78, 5) is 24.4. The lowest BCUT2D eigenvalue weighted by Gasteiger charge is -2.24. The summed E-state index contributed by atoms with van der Waals surface area (Å²) in [5.41, 5.74) is 1.65. The number of nitrogens with one attached hydrogen (secondary N) is 1. The van der Waals surface area contributed by atoms with Crippen LogP contribution < -0.4 is 10.1 Å². The van der Waals surface area contributed by atoms with E-state index in [4.69, 9.17) is 32.7 Å². The normalized spacial score (nSPS) is 16.6. The van der Waals surface area contributed by atoms with Gasteiger partial charge in [-0.1, -0.05) is 41.4 Å². The molecule has 2 aromatic carbocycles. The summed E-state index contributed by atoms with van der Waals surface area (Å²) in [6.07, 6.45) is 0.465. The lowest BCUT2D eigenvalue weighted by Crippen LogP contribution is -2.35. The Hall–Kier alpha value is -2.24. The van der Waals surface area contributed by atoms with Crippen molar-refractivity contribution in [1.82, 2.24) is 5.32 Å². The fraction of sp³-hybridized carbons (Fsp3) is 0.300. The van der Waals surface area contributed by atoms with Gasteiger partial charge < -0.3 is 14.8 Å². The van der Waals surface area contributed by atoms with Crippen molar-refractivity contribution in [1.29, 1.82) is 0 Å². The van der Waals surface area contributed by atoms with Crippen molar-refractivity contribution in [2.24, 2.45) is 5.92 Å². The predicted molar refractivity (Wildman–Crippen MR) is 103 cm³/mol. The zero-order chi connectivity index (χ0) is 19.4. The molecule has 1 amide bonds. The molecule has 5 nitrogen and oxygen atoms in total. The number of amides is 1.